The molecule has 12 heteroatoms. The van der Waals surface area contributed by atoms with Crippen LogP contribution in [-0.4, -0.2) is 68.9 Å². The number of likely N-dealkylation sites (N-methyl/N-ethyl adjacent to an activating group) is 1. The summed E-state index contributed by atoms with van der Waals surface area (Å²) in [6.07, 6.45) is 2.68. The van der Waals surface area contributed by atoms with Gasteiger partial charge in [-0.3, -0.25) is 14.9 Å². The minimum absolute atomic E-state index is 0.105. The van der Waals surface area contributed by atoms with E-state index in [1.807, 2.05) is 42.2 Å². The SMILES string of the molecule is C[C@@H](Oc1ccc2[nH]nc(-c3ccc(N4CC(N)(C(=O)N(C)C)C4)nn3)c2c1)c1c(Cl)cncc1Cl. The number of halogens is 2. The number of carbonyl (C=O) groups is 1. The van der Waals surface area contributed by atoms with Gasteiger partial charge in [-0.25, -0.2) is 0 Å². The molecule has 0 bridgehead atoms. The first-order valence-electron chi connectivity index (χ1n) is 11.2. The van der Waals surface area contributed by atoms with E-state index in [1.165, 1.54) is 17.3 Å². The zero-order valence-electron chi connectivity index (χ0n) is 19.9. The Morgan fingerprint density at radius 3 is 2.53 bits per heavy atom. The van der Waals surface area contributed by atoms with Crippen LogP contribution in [0.2, 0.25) is 10.0 Å². The average Bonchev–Trinajstić information content (AvgIpc) is 3.25. The highest BCUT2D eigenvalue weighted by molar-refractivity contribution is 6.35. The van der Waals surface area contributed by atoms with E-state index in [4.69, 9.17) is 33.7 Å². The van der Waals surface area contributed by atoms with Gasteiger partial charge in [0.2, 0.25) is 5.91 Å². The molecule has 1 fully saturated rings. The summed E-state index contributed by atoms with van der Waals surface area (Å²) in [6, 6.07) is 9.30. The van der Waals surface area contributed by atoms with Crippen molar-refractivity contribution in [1.29, 1.82) is 0 Å². The number of aromatic amines is 1. The number of aromatic nitrogens is 5. The van der Waals surface area contributed by atoms with E-state index < -0.39 is 11.6 Å². The van der Waals surface area contributed by atoms with Crippen LogP contribution in [0.25, 0.3) is 22.3 Å². The minimum Gasteiger partial charge on any atom is -0.486 e. The summed E-state index contributed by atoms with van der Waals surface area (Å²) in [4.78, 5) is 19.7. The molecule has 1 aliphatic heterocycles. The van der Waals surface area contributed by atoms with Gasteiger partial charge in [-0.15, -0.1) is 10.2 Å². The van der Waals surface area contributed by atoms with Gasteiger partial charge in [-0.1, -0.05) is 23.2 Å². The summed E-state index contributed by atoms with van der Waals surface area (Å²) >= 11 is 12.6. The van der Waals surface area contributed by atoms with Crippen molar-refractivity contribution >= 4 is 45.8 Å². The van der Waals surface area contributed by atoms with E-state index in [1.54, 1.807) is 14.1 Å². The van der Waals surface area contributed by atoms with E-state index in [0.29, 0.717) is 51.7 Å². The molecule has 4 aromatic rings. The van der Waals surface area contributed by atoms with Gasteiger partial charge < -0.3 is 20.3 Å². The third-order valence-electron chi connectivity index (χ3n) is 6.14. The number of benzene rings is 1. The number of nitrogens with one attached hydrogen (secondary N) is 1. The summed E-state index contributed by atoms with van der Waals surface area (Å²) in [6.45, 7) is 2.64. The summed E-state index contributed by atoms with van der Waals surface area (Å²) < 4.78 is 6.13. The average molecular weight is 527 g/mol. The number of fused-ring (bicyclic) bond motifs is 1. The fourth-order valence-electron chi connectivity index (χ4n) is 4.33. The van der Waals surface area contributed by atoms with Crippen molar-refractivity contribution in [3.63, 3.8) is 0 Å². The molecule has 0 aliphatic carbocycles. The van der Waals surface area contributed by atoms with Crippen molar-refractivity contribution in [2.75, 3.05) is 32.1 Å². The van der Waals surface area contributed by atoms with Crippen molar-refractivity contribution in [3.8, 4) is 17.1 Å². The number of ether oxygens (including phenoxy) is 1. The lowest BCUT2D eigenvalue weighted by molar-refractivity contribution is -0.135. The first-order valence-corrected chi connectivity index (χ1v) is 12.0. The highest BCUT2D eigenvalue weighted by Crippen LogP contribution is 2.35. The van der Waals surface area contributed by atoms with Crippen molar-refractivity contribution in [2.45, 2.75) is 18.6 Å². The molecule has 3 aromatic heterocycles. The molecule has 0 radical (unpaired) electrons. The Morgan fingerprint density at radius 1 is 1.17 bits per heavy atom. The molecular formula is C24H24Cl2N8O2. The zero-order chi connectivity index (χ0) is 25.6. The summed E-state index contributed by atoms with van der Waals surface area (Å²) in [5.41, 5.74) is 8.05. The van der Waals surface area contributed by atoms with Crippen LogP contribution in [0.5, 0.6) is 5.75 Å². The highest BCUT2D eigenvalue weighted by atomic mass is 35.5. The van der Waals surface area contributed by atoms with Gasteiger partial charge in [0, 0.05) is 50.5 Å². The number of hydrogen-bond donors (Lipinski definition) is 2. The predicted molar refractivity (Wildman–Crippen MR) is 138 cm³/mol. The monoisotopic (exact) mass is 526 g/mol. The van der Waals surface area contributed by atoms with Crippen LogP contribution in [0.15, 0.2) is 42.7 Å². The molecule has 36 heavy (non-hydrogen) atoms. The Hall–Kier alpha value is -3.47. The molecule has 3 N–H and O–H groups in total. The second-order valence-corrected chi connectivity index (χ2v) is 9.86. The predicted octanol–water partition coefficient (Wildman–Crippen LogP) is 3.47. The highest BCUT2D eigenvalue weighted by Gasteiger charge is 2.47. The molecule has 10 nitrogen and oxygen atoms in total. The minimum atomic E-state index is -0.902. The maximum atomic E-state index is 12.3. The van der Waals surface area contributed by atoms with Crippen molar-refractivity contribution < 1.29 is 9.53 Å². The third kappa shape index (κ3) is 4.32. The molecule has 0 unspecified atom stereocenters. The molecule has 4 heterocycles. The number of hydrogen-bond acceptors (Lipinski definition) is 8. The number of nitrogens with zero attached hydrogens (tertiary/aromatic N) is 6. The molecule has 5 rings (SSSR count). The molecule has 1 atom stereocenters. The molecule has 186 valence electrons. The molecule has 0 spiro atoms. The van der Waals surface area contributed by atoms with Crippen LogP contribution in [-0.2, 0) is 4.79 Å². The number of anilines is 1. The van der Waals surface area contributed by atoms with Crippen molar-refractivity contribution in [3.05, 3.63) is 58.3 Å². The fraction of sp³-hybridized carbons (Fsp3) is 0.292. The lowest BCUT2D eigenvalue weighted by Gasteiger charge is -2.47. The van der Waals surface area contributed by atoms with E-state index in [-0.39, 0.29) is 5.91 Å². The zero-order valence-corrected chi connectivity index (χ0v) is 21.4. The standard InChI is InChI=1S/C24H24Cl2N8O2/c1-13(21-16(25)9-28-10-17(21)26)36-14-4-5-18-15(8-14)22(32-29-18)19-6-7-20(31-30-19)34-11-24(27,12-34)23(35)33(2)3/h4-10,13H,11-12,27H2,1-3H3,(H,29,32)/t13-/m1/s1. The Labute approximate surface area is 217 Å². The maximum absolute atomic E-state index is 12.3. The second kappa shape index (κ2) is 9.20. The lowest BCUT2D eigenvalue weighted by Crippen LogP contribution is -2.74. The lowest BCUT2D eigenvalue weighted by atomic mass is 9.89. The second-order valence-electron chi connectivity index (χ2n) is 9.05. The fourth-order valence-corrected chi connectivity index (χ4v) is 5.00. The van der Waals surface area contributed by atoms with Gasteiger partial charge in [0.25, 0.3) is 0 Å². The number of pyridine rings is 1. The van der Waals surface area contributed by atoms with Crippen LogP contribution in [0.1, 0.15) is 18.6 Å². The molecule has 1 aliphatic rings. The number of H-pyrrole nitrogens is 1. The Morgan fingerprint density at radius 2 is 1.89 bits per heavy atom. The van der Waals surface area contributed by atoms with Crippen LogP contribution < -0.4 is 15.4 Å². The van der Waals surface area contributed by atoms with Gasteiger partial charge in [0.15, 0.2) is 5.82 Å². The van der Waals surface area contributed by atoms with E-state index in [2.05, 4.69) is 25.4 Å². The largest absolute Gasteiger partial charge is 0.486 e. The van der Waals surface area contributed by atoms with Crippen LogP contribution in [0.4, 0.5) is 5.82 Å². The normalized spacial score (nSPS) is 15.4. The van der Waals surface area contributed by atoms with Gasteiger partial charge in [0.05, 0.1) is 15.6 Å². The van der Waals surface area contributed by atoms with E-state index in [0.717, 1.165) is 10.9 Å². The topological polar surface area (TPSA) is 126 Å². The quantitative estimate of drug-likeness (QED) is 0.391. The van der Waals surface area contributed by atoms with Crippen LogP contribution in [0, 0.1) is 0 Å². The smallest absolute Gasteiger partial charge is 0.245 e. The first-order chi connectivity index (χ1) is 17.2. The number of nitrogens with two attached hydrogens (primary N) is 1. The van der Waals surface area contributed by atoms with Crippen molar-refractivity contribution in [2.24, 2.45) is 5.73 Å². The molecule has 1 saturated heterocycles. The molecule has 0 saturated carbocycles. The Balaban J connectivity index is 1.35. The van der Waals surface area contributed by atoms with E-state index >= 15 is 0 Å². The Bertz CT molecular complexity index is 1410. The molecule has 1 aromatic carbocycles. The number of carbonyl (C=O) groups excluding carboxylic acids is 1. The van der Waals surface area contributed by atoms with Crippen LogP contribution in [0.3, 0.4) is 0 Å². The molecular weight excluding hydrogens is 503 g/mol. The van der Waals surface area contributed by atoms with Crippen LogP contribution >= 0.6 is 23.2 Å². The molecule has 1 amide bonds. The third-order valence-corrected chi connectivity index (χ3v) is 6.74. The van der Waals surface area contributed by atoms with Crippen molar-refractivity contribution in [1.82, 2.24) is 30.3 Å². The number of rotatable bonds is 6. The maximum Gasteiger partial charge on any atom is 0.245 e. The van der Waals surface area contributed by atoms with Gasteiger partial charge in [-0.2, -0.15) is 5.10 Å². The van der Waals surface area contributed by atoms with Gasteiger partial charge >= 0.3 is 0 Å². The van der Waals surface area contributed by atoms with Gasteiger partial charge in [-0.05, 0) is 37.3 Å². The number of amides is 1. The Kier molecular flexibility index (Phi) is 6.19. The summed E-state index contributed by atoms with van der Waals surface area (Å²) in [7, 11) is 3.39. The first kappa shape index (κ1) is 24.2. The van der Waals surface area contributed by atoms with Gasteiger partial charge in [0.1, 0.15) is 28.8 Å². The summed E-state index contributed by atoms with van der Waals surface area (Å²) in [5, 5.41) is 17.9. The van der Waals surface area contributed by atoms with E-state index in [9.17, 15) is 4.79 Å². The summed E-state index contributed by atoms with van der Waals surface area (Å²) in [5.74, 6) is 1.17.